The Balaban J connectivity index is 1.34. The van der Waals surface area contributed by atoms with Gasteiger partial charge in [0.25, 0.3) is 0 Å². The number of unbranched alkanes of at least 4 members (excludes halogenated alkanes) is 1. The molecule has 0 bridgehead atoms. The number of imidazole rings is 1. The van der Waals surface area contributed by atoms with Crippen LogP contribution in [0.1, 0.15) is 68.7 Å². The molecule has 9 atom stereocenters. The Kier molecular flexibility index (Phi) is 24.9. The van der Waals surface area contributed by atoms with E-state index >= 15 is 0 Å². The Morgan fingerprint density at radius 1 is 0.659 bits per heavy atom. The van der Waals surface area contributed by atoms with Gasteiger partial charge >= 0.3 is 5.97 Å². The van der Waals surface area contributed by atoms with E-state index in [1.807, 2.05) is 0 Å². The SMILES string of the molecule is C[C@H](NC(=O)[C@H](CO)NC(=O)CN)C(=O)N[C@@H](Cc1c[nH]c2ccccc12)C(=O)N[C@@H](CO)C(=O)N[C@@H](Cc1cnc[nH]1)C(=O)N1CCC[C@H]1C(=O)N[C@@H](CCC(N)=O)C(=O)N[C@@H](Cc1ccccc1)C(=O)N[C@@H](CCCCN)C(=O)O. The summed E-state index contributed by atoms with van der Waals surface area (Å²) in [5.74, 6) is -10.2. The number of aromatic amines is 2. The largest absolute Gasteiger partial charge is 0.480 e. The average Bonchev–Trinajstić information content (AvgIpc) is 4.44. The maximum Gasteiger partial charge on any atom is 0.326 e. The lowest BCUT2D eigenvalue weighted by Crippen LogP contribution is -2.61. The summed E-state index contributed by atoms with van der Waals surface area (Å²) in [4.78, 5) is 159. The normalized spacial score (nSPS) is 15.9. The quantitative estimate of drug-likeness (QED) is 0.0199. The summed E-state index contributed by atoms with van der Waals surface area (Å²) < 4.78 is 0. The molecule has 0 radical (unpaired) electrons. The van der Waals surface area contributed by atoms with Gasteiger partial charge in [-0.1, -0.05) is 48.5 Å². The van der Waals surface area contributed by atoms with Crippen molar-refractivity contribution < 1.29 is 68.1 Å². The topological polar surface area (TPSA) is 470 Å². The minimum Gasteiger partial charge on any atom is -0.480 e. The zero-order valence-corrected chi connectivity index (χ0v) is 45.2. The first-order valence-corrected chi connectivity index (χ1v) is 26.7. The molecule has 0 aliphatic carbocycles. The molecule has 29 nitrogen and oxygen atoms in total. The number of amides is 10. The summed E-state index contributed by atoms with van der Waals surface area (Å²) >= 11 is 0. The van der Waals surface area contributed by atoms with Gasteiger partial charge in [-0.05, 0) is 69.2 Å². The molecule has 4 aromatic rings. The van der Waals surface area contributed by atoms with E-state index < -0.39 is 146 Å². The molecule has 2 aromatic carbocycles. The lowest BCUT2D eigenvalue weighted by atomic mass is 10.0. The lowest BCUT2D eigenvalue weighted by Gasteiger charge is -2.31. The third kappa shape index (κ3) is 18.9. The molecule has 1 aliphatic rings. The van der Waals surface area contributed by atoms with Gasteiger partial charge in [-0.3, -0.25) is 47.9 Å². The highest BCUT2D eigenvalue weighted by atomic mass is 16.4. The first-order chi connectivity index (χ1) is 39.3. The number of hydrogen-bond donors (Lipinski definition) is 16. The number of carbonyl (C=O) groups is 11. The minimum absolute atomic E-state index is 0.0169. The fourth-order valence-corrected chi connectivity index (χ4v) is 9.09. The van der Waals surface area contributed by atoms with Crippen molar-refractivity contribution in [2.45, 2.75) is 126 Å². The van der Waals surface area contributed by atoms with E-state index in [0.29, 0.717) is 47.1 Å². The molecule has 1 fully saturated rings. The Bertz CT molecular complexity index is 2850. The average molecular weight is 1140 g/mol. The molecule has 0 saturated carbocycles. The molecule has 29 heteroatoms. The number of hydrogen-bond acceptors (Lipinski definition) is 16. The van der Waals surface area contributed by atoms with Crippen molar-refractivity contribution in [3.63, 3.8) is 0 Å². The van der Waals surface area contributed by atoms with E-state index in [1.54, 1.807) is 60.8 Å². The van der Waals surface area contributed by atoms with Gasteiger partial charge in [-0.25, -0.2) is 9.78 Å². The van der Waals surface area contributed by atoms with E-state index in [9.17, 15) is 68.1 Å². The van der Waals surface area contributed by atoms with Crippen LogP contribution in [0.2, 0.25) is 0 Å². The Hall–Kier alpha value is -8.80. The fraction of sp³-hybridized carbons (Fsp3) is 0.472. The number of carbonyl (C=O) groups excluding carboxylic acids is 10. The molecule has 3 heterocycles. The van der Waals surface area contributed by atoms with Crippen LogP contribution in [0.4, 0.5) is 0 Å². The smallest absolute Gasteiger partial charge is 0.326 e. The molecule has 0 spiro atoms. The van der Waals surface area contributed by atoms with Crippen LogP contribution in [-0.2, 0) is 72.0 Å². The number of nitrogens with two attached hydrogens (primary N) is 3. The number of carboxylic acid groups (broad SMARTS) is 1. The fourth-order valence-electron chi connectivity index (χ4n) is 9.09. The molecular formula is C53H73N15O14. The van der Waals surface area contributed by atoms with Crippen LogP contribution in [0.5, 0.6) is 0 Å². The summed E-state index contributed by atoms with van der Waals surface area (Å²) in [5, 5.41) is 50.7. The van der Waals surface area contributed by atoms with Gasteiger partial charge < -0.3 is 89.9 Å². The first kappa shape index (κ1) is 64.0. The van der Waals surface area contributed by atoms with Gasteiger partial charge in [0, 0.05) is 61.2 Å². The second kappa shape index (κ2) is 31.8. The minimum atomic E-state index is -1.76. The number of aliphatic hydroxyl groups is 2. The molecule has 0 unspecified atom stereocenters. The van der Waals surface area contributed by atoms with Crippen molar-refractivity contribution in [2.75, 3.05) is 32.8 Å². The van der Waals surface area contributed by atoms with Crippen molar-refractivity contribution in [3.8, 4) is 0 Å². The van der Waals surface area contributed by atoms with Crippen molar-refractivity contribution in [1.82, 2.24) is 62.4 Å². The number of carboxylic acids is 1. The third-order valence-corrected chi connectivity index (χ3v) is 13.5. The van der Waals surface area contributed by atoms with Gasteiger partial charge in [-0.2, -0.15) is 0 Å². The zero-order chi connectivity index (χ0) is 59.9. The van der Waals surface area contributed by atoms with Crippen molar-refractivity contribution in [3.05, 3.63) is 90.1 Å². The molecule has 1 saturated heterocycles. The third-order valence-electron chi connectivity index (χ3n) is 13.5. The molecule has 10 amide bonds. The van der Waals surface area contributed by atoms with Gasteiger partial charge in [0.15, 0.2) is 0 Å². The van der Waals surface area contributed by atoms with Crippen LogP contribution in [0, 0.1) is 0 Å². The van der Waals surface area contributed by atoms with Gasteiger partial charge in [0.1, 0.15) is 54.4 Å². The summed E-state index contributed by atoms with van der Waals surface area (Å²) in [7, 11) is 0. The number of aliphatic hydroxyl groups excluding tert-OH is 2. The number of H-pyrrole nitrogens is 2. The highest BCUT2D eigenvalue weighted by molar-refractivity contribution is 5.99. The van der Waals surface area contributed by atoms with Gasteiger partial charge in [-0.15, -0.1) is 0 Å². The number of rotatable bonds is 33. The molecule has 444 valence electrons. The molecular weight excluding hydrogens is 1070 g/mol. The number of likely N-dealkylation sites (tertiary alicyclic amines) is 1. The van der Waals surface area contributed by atoms with Crippen LogP contribution in [-0.4, -0.2) is 187 Å². The lowest BCUT2D eigenvalue weighted by molar-refractivity contribution is -0.143. The summed E-state index contributed by atoms with van der Waals surface area (Å²) in [6, 6.07) is 2.55. The second-order valence-corrected chi connectivity index (χ2v) is 19.6. The summed E-state index contributed by atoms with van der Waals surface area (Å²) in [6.07, 6.45) is 4.30. The van der Waals surface area contributed by atoms with E-state index in [4.69, 9.17) is 17.2 Å². The van der Waals surface area contributed by atoms with Crippen LogP contribution >= 0.6 is 0 Å². The number of benzene rings is 2. The molecule has 1 aliphatic heterocycles. The molecule has 2 aromatic heterocycles. The van der Waals surface area contributed by atoms with E-state index in [2.05, 4.69) is 57.5 Å². The predicted octanol–water partition coefficient (Wildman–Crippen LogP) is -4.77. The molecule has 19 N–H and O–H groups in total. The van der Waals surface area contributed by atoms with E-state index in [0.717, 1.165) is 0 Å². The van der Waals surface area contributed by atoms with Crippen molar-refractivity contribution in [2.24, 2.45) is 17.2 Å². The van der Waals surface area contributed by atoms with Crippen LogP contribution in [0.25, 0.3) is 10.9 Å². The summed E-state index contributed by atoms with van der Waals surface area (Å²) in [5.41, 5.74) is 18.5. The second-order valence-electron chi connectivity index (χ2n) is 19.6. The predicted molar refractivity (Wildman–Crippen MR) is 292 cm³/mol. The number of fused-ring (bicyclic) bond motifs is 1. The van der Waals surface area contributed by atoms with Gasteiger partial charge in [0.05, 0.1) is 26.1 Å². The number of primary amides is 1. The monoisotopic (exact) mass is 1140 g/mol. The van der Waals surface area contributed by atoms with Crippen molar-refractivity contribution >= 4 is 75.9 Å². The number of aliphatic carboxylic acids is 1. The zero-order valence-electron chi connectivity index (χ0n) is 45.2. The standard InChI is InChI=1S/C53H73N15O14/c1-29(60-49(77)40(26-69)61-44(72)23-55)45(73)64-38(21-31-24-58-34-13-6-5-12-33(31)34)48(76)67-41(27-70)50(78)66-39(22-32-25-57-28-59-32)52(80)68-19-9-15-42(68)51(79)62-35(16-17-43(56)71)46(74)65-37(20-30-10-3-2-4-11-30)47(75)63-36(53(81)82)14-7-8-18-54/h2-6,10-13,24-25,28-29,35-42,58,69-70H,7-9,14-23,26-27,54-55H2,1H3,(H2,56,71)(H,57,59)(H,60,77)(H,61,72)(H,62,79)(H,63,75)(H,64,73)(H,65,74)(H,66,78)(H,67,76)(H,81,82)/t29-,35-,36-,37-,38-,39-,40-,41-,42-/m0/s1. The highest BCUT2D eigenvalue weighted by Gasteiger charge is 2.41. The maximum absolute atomic E-state index is 14.7. The number of nitrogens with one attached hydrogen (secondary N) is 10. The van der Waals surface area contributed by atoms with Gasteiger partial charge in [0.2, 0.25) is 59.1 Å². The Morgan fingerprint density at radius 2 is 1.26 bits per heavy atom. The van der Waals surface area contributed by atoms with E-state index in [1.165, 1.54) is 24.3 Å². The maximum atomic E-state index is 14.7. The number of aromatic nitrogens is 3. The first-order valence-electron chi connectivity index (χ1n) is 26.7. The van der Waals surface area contributed by atoms with E-state index in [-0.39, 0.29) is 51.5 Å². The van der Waals surface area contributed by atoms with Crippen LogP contribution < -0.4 is 59.7 Å². The summed E-state index contributed by atoms with van der Waals surface area (Å²) in [6.45, 7) is -0.771. The highest BCUT2D eigenvalue weighted by Crippen LogP contribution is 2.22. The molecule has 5 rings (SSSR count). The molecule has 82 heavy (non-hydrogen) atoms. The Morgan fingerprint density at radius 3 is 1.90 bits per heavy atom. The van der Waals surface area contributed by atoms with Crippen LogP contribution in [0.3, 0.4) is 0 Å². The number of para-hydroxylation sites is 1. The van der Waals surface area contributed by atoms with Crippen molar-refractivity contribution in [1.29, 1.82) is 0 Å². The number of nitrogens with zero attached hydrogens (tertiary/aromatic N) is 2. The van der Waals surface area contributed by atoms with Crippen LogP contribution in [0.15, 0.2) is 73.3 Å². The Labute approximate surface area is 470 Å².